The van der Waals surface area contributed by atoms with Crippen molar-refractivity contribution in [3.05, 3.63) is 81.6 Å². The van der Waals surface area contributed by atoms with Crippen LogP contribution in [0.3, 0.4) is 0 Å². The second-order valence-corrected chi connectivity index (χ2v) is 5.46. The molecule has 0 unspecified atom stereocenters. The van der Waals surface area contributed by atoms with Crippen molar-refractivity contribution < 1.29 is 14.3 Å². The first kappa shape index (κ1) is 16.4. The molecule has 0 bridgehead atoms. The van der Waals surface area contributed by atoms with E-state index in [9.17, 15) is 14.4 Å². The number of methoxy groups -OCH3 is 1. The third-order valence-electron chi connectivity index (χ3n) is 3.82. The zero-order valence-electron chi connectivity index (χ0n) is 13.5. The molecule has 3 rings (SSSR count). The Bertz CT molecular complexity index is 990. The number of nitrogens with one attached hydrogen (secondary N) is 2. The van der Waals surface area contributed by atoms with Crippen molar-refractivity contribution in [3.8, 4) is 0 Å². The van der Waals surface area contributed by atoms with Gasteiger partial charge in [0.2, 0.25) is 5.56 Å². The van der Waals surface area contributed by atoms with Gasteiger partial charge in [-0.3, -0.25) is 9.59 Å². The van der Waals surface area contributed by atoms with Crippen LogP contribution in [0.4, 0.5) is 0 Å². The molecule has 0 saturated carbocycles. The van der Waals surface area contributed by atoms with Crippen molar-refractivity contribution in [2.75, 3.05) is 7.11 Å². The van der Waals surface area contributed by atoms with Crippen LogP contribution in [0.2, 0.25) is 0 Å². The fraction of sp³-hybridized carbons (Fsp3) is 0.105. The van der Waals surface area contributed by atoms with Gasteiger partial charge >= 0.3 is 5.97 Å². The lowest BCUT2D eigenvalue weighted by Crippen LogP contribution is -2.24. The number of ether oxygens (including phenoxy) is 1. The summed E-state index contributed by atoms with van der Waals surface area (Å²) in [6.45, 7) is 0.279. The number of carbonyl (C=O) groups is 2. The van der Waals surface area contributed by atoms with E-state index in [4.69, 9.17) is 0 Å². The van der Waals surface area contributed by atoms with Gasteiger partial charge < -0.3 is 15.0 Å². The number of fused-ring (bicyclic) bond motifs is 1. The molecule has 0 fully saturated rings. The first-order valence-corrected chi connectivity index (χ1v) is 7.66. The molecule has 1 heterocycles. The molecule has 1 aromatic heterocycles. The summed E-state index contributed by atoms with van der Waals surface area (Å²) in [5.41, 5.74) is 1.88. The van der Waals surface area contributed by atoms with Crippen LogP contribution in [0, 0.1) is 0 Å². The lowest BCUT2D eigenvalue weighted by Gasteiger charge is -2.08. The zero-order valence-corrected chi connectivity index (χ0v) is 13.5. The Kier molecular flexibility index (Phi) is 4.61. The largest absolute Gasteiger partial charge is 0.465 e. The van der Waals surface area contributed by atoms with E-state index in [-0.39, 0.29) is 18.0 Å². The molecule has 6 nitrogen and oxygen atoms in total. The van der Waals surface area contributed by atoms with Crippen LogP contribution >= 0.6 is 0 Å². The van der Waals surface area contributed by atoms with Gasteiger partial charge in [-0.25, -0.2) is 4.79 Å². The van der Waals surface area contributed by atoms with E-state index in [1.165, 1.54) is 13.2 Å². The average Bonchev–Trinajstić information content (AvgIpc) is 2.65. The van der Waals surface area contributed by atoms with Crippen LogP contribution in [0.5, 0.6) is 0 Å². The van der Waals surface area contributed by atoms with Gasteiger partial charge in [-0.2, -0.15) is 0 Å². The summed E-state index contributed by atoms with van der Waals surface area (Å²) >= 11 is 0. The molecule has 0 aliphatic rings. The first-order chi connectivity index (χ1) is 12.1. The molecule has 6 heteroatoms. The maximum absolute atomic E-state index is 12.5. The van der Waals surface area contributed by atoms with Gasteiger partial charge in [0.1, 0.15) is 0 Å². The first-order valence-electron chi connectivity index (χ1n) is 7.66. The Balaban J connectivity index is 1.77. The van der Waals surface area contributed by atoms with Crippen LogP contribution in [0.15, 0.2) is 59.4 Å². The third-order valence-corrected chi connectivity index (χ3v) is 3.82. The van der Waals surface area contributed by atoms with Crippen LogP contribution in [-0.2, 0) is 11.3 Å². The number of aromatic nitrogens is 1. The highest BCUT2D eigenvalue weighted by Crippen LogP contribution is 2.14. The lowest BCUT2D eigenvalue weighted by atomic mass is 10.1. The maximum Gasteiger partial charge on any atom is 0.337 e. The van der Waals surface area contributed by atoms with Gasteiger partial charge in [0, 0.05) is 23.5 Å². The number of carbonyl (C=O) groups excluding carboxylic acids is 2. The molecular weight excluding hydrogens is 320 g/mol. The number of para-hydroxylation sites is 1. The molecule has 0 radical (unpaired) electrons. The predicted octanol–water partition coefficient (Wildman–Crippen LogP) is 2.24. The molecule has 0 atom stereocenters. The normalized spacial score (nSPS) is 10.4. The number of H-pyrrole nitrogens is 1. The molecule has 3 aromatic rings. The van der Waals surface area contributed by atoms with E-state index in [2.05, 4.69) is 15.0 Å². The molecule has 0 aliphatic heterocycles. The number of benzene rings is 2. The Morgan fingerprint density at radius 2 is 1.80 bits per heavy atom. The highest BCUT2D eigenvalue weighted by molar-refractivity contribution is 6.05. The number of esters is 1. The summed E-state index contributed by atoms with van der Waals surface area (Å²) in [6.07, 6.45) is 0. The maximum atomic E-state index is 12.5. The van der Waals surface area contributed by atoms with Gasteiger partial charge in [-0.15, -0.1) is 0 Å². The standard InChI is InChI=1S/C19H16N2O4/c1-25-19(24)13-8-6-12(7-9-13)11-20-18(23)15-10-17(22)21-16-5-3-2-4-14(15)16/h2-10H,11H2,1H3,(H,20,23)(H,21,22). The number of aromatic amines is 1. The molecule has 0 aliphatic carbocycles. The molecule has 126 valence electrons. The molecular formula is C19H16N2O4. The lowest BCUT2D eigenvalue weighted by molar-refractivity contribution is 0.0600. The molecule has 25 heavy (non-hydrogen) atoms. The van der Waals surface area contributed by atoms with Crippen LogP contribution in [-0.4, -0.2) is 24.0 Å². The SMILES string of the molecule is COC(=O)c1ccc(CNC(=O)c2cc(=O)[nH]c3ccccc23)cc1. The summed E-state index contributed by atoms with van der Waals surface area (Å²) in [4.78, 5) is 38.3. The van der Waals surface area contributed by atoms with E-state index in [1.54, 1.807) is 42.5 Å². The molecule has 0 spiro atoms. The number of rotatable bonds is 4. The van der Waals surface area contributed by atoms with Crippen LogP contribution in [0.1, 0.15) is 26.3 Å². The zero-order chi connectivity index (χ0) is 17.8. The van der Waals surface area contributed by atoms with Crippen molar-refractivity contribution in [3.63, 3.8) is 0 Å². The summed E-state index contributed by atoms with van der Waals surface area (Å²) < 4.78 is 4.64. The van der Waals surface area contributed by atoms with Gasteiger partial charge in [-0.1, -0.05) is 30.3 Å². The van der Waals surface area contributed by atoms with Gasteiger partial charge in [-0.05, 0) is 23.8 Å². The van der Waals surface area contributed by atoms with Gasteiger partial charge in [0.05, 0.1) is 18.2 Å². The average molecular weight is 336 g/mol. The molecule has 2 aromatic carbocycles. The monoisotopic (exact) mass is 336 g/mol. The van der Waals surface area contributed by atoms with Gasteiger partial charge in [0.25, 0.3) is 5.91 Å². The minimum atomic E-state index is -0.412. The smallest absolute Gasteiger partial charge is 0.337 e. The van der Waals surface area contributed by atoms with Crippen LogP contribution in [0.25, 0.3) is 10.9 Å². The Labute approximate surface area is 143 Å². The summed E-state index contributed by atoms with van der Waals surface area (Å²) in [7, 11) is 1.32. The predicted molar refractivity (Wildman–Crippen MR) is 93.5 cm³/mol. The number of hydrogen-bond donors (Lipinski definition) is 2. The summed E-state index contributed by atoms with van der Waals surface area (Å²) in [5, 5.41) is 3.47. The Hall–Kier alpha value is -3.41. The molecule has 2 N–H and O–H groups in total. The fourth-order valence-corrected chi connectivity index (χ4v) is 2.55. The number of pyridine rings is 1. The highest BCUT2D eigenvalue weighted by atomic mass is 16.5. The second-order valence-electron chi connectivity index (χ2n) is 5.46. The van der Waals surface area contributed by atoms with Crippen molar-refractivity contribution in [2.45, 2.75) is 6.54 Å². The summed E-state index contributed by atoms with van der Waals surface area (Å²) in [5.74, 6) is -0.745. The second kappa shape index (κ2) is 7.00. The number of hydrogen-bond acceptors (Lipinski definition) is 4. The van der Waals surface area contributed by atoms with Crippen molar-refractivity contribution in [1.29, 1.82) is 0 Å². The van der Waals surface area contributed by atoms with Crippen molar-refractivity contribution >= 4 is 22.8 Å². The van der Waals surface area contributed by atoms with Crippen molar-refractivity contribution in [1.82, 2.24) is 10.3 Å². The molecule has 0 saturated heterocycles. The Morgan fingerprint density at radius 3 is 2.52 bits per heavy atom. The van der Waals surface area contributed by atoms with Crippen molar-refractivity contribution in [2.24, 2.45) is 0 Å². The van der Waals surface area contributed by atoms with Gasteiger partial charge in [0.15, 0.2) is 0 Å². The minimum Gasteiger partial charge on any atom is -0.465 e. The van der Waals surface area contributed by atoms with E-state index in [1.807, 2.05) is 6.07 Å². The van der Waals surface area contributed by atoms with E-state index < -0.39 is 5.97 Å². The topological polar surface area (TPSA) is 88.3 Å². The van der Waals surface area contributed by atoms with Crippen LogP contribution < -0.4 is 10.9 Å². The fourth-order valence-electron chi connectivity index (χ4n) is 2.55. The van der Waals surface area contributed by atoms with E-state index in [0.29, 0.717) is 22.0 Å². The highest BCUT2D eigenvalue weighted by Gasteiger charge is 2.11. The Morgan fingerprint density at radius 1 is 1.08 bits per heavy atom. The third kappa shape index (κ3) is 3.58. The minimum absolute atomic E-state index is 0.279. The quantitative estimate of drug-likeness (QED) is 0.715. The van der Waals surface area contributed by atoms with E-state index in [0.717, 1.165) is 5.56 Å². The summed E-state index contributed by atoms with van der Waals surface area (Å²) in [6, 6.07) is 15.2. The molecule has 1 amide bonds. The van der Waals surface area contributed by atoms with E-state index >= 15 is 0 Å². The number of amides is 1.